The minimum absolute atomic E-state index is 0.120. The van der Waals surface area contributed by atoms with Crippen LogP contribution in [0.4, 0.5) is 5.82 Å². The highest BCUT2D eigenvalue weighted by atomic mass is 79.9. The molecule has 2 rings (SSSR count). The molecule has 0 aliphatic heterocycles. The molecule has 0 aliphatic carbocycles. The normalized spacial score (nSPS) is 11.8. The van der Waals surface area contributed by atoms with E-state index in [2.05, 4.69) is 25.8 Å². The number of aryl methyl sites for hydroxylation is 3. The van der Waals surface area contributed by atoms with Crippen LogP contribution in [0.3, 0.4) is 0 Å². The van der Waals surface area contributed by atoms with E-state index in [0.717, 1.165) is 0 Å². The lowest BCUT2D eigenvalue weighted by atomic mass is 10.5. The van der Waals surface area contributed by atoms with E-state index in [1.807, 2.05) is 0 Å². The Morgan fingerprint density at radius 1 is 1.39 bits per heavy atom. The van der Waals surface area contributed by atoms with Crippen LogP contribution in [-0.2, 0) is 17.1 Å². The maximum absolute atomic E-state index is 12.1. The molecule has 2 aromatic heterocycles. The van der Waals surface area contributed by atoms with Crippen molar-refractivity contribution in [2.45, 2.75) is 18.9 Å². The standard InChI is InChI=1S/C10H12BrN3O3S/c1-6-4-5-8(17-6)18(15,16)13-10-9(11)7(2)12-14(10)3/h4-5,13H,1-3H3. The zero-order valence-electron chi connectivity index (χ0n) is 10.1. The van der Waals surface area contributed by atoms with Crippen molar-refractivity contribution in [1.82, 2.24) is 9.78 Å². The van der Waals surface area contributed by atoms with Crippen LogP contribution >= 0.6 is 15.9 Å². The number of sulfonamides is 1. The van der Waals surface area contributed by atoms with Gasteiger partial charge in [0.25, 0.3) is 10.0 Å². The first-order valence-electron chi connectivity index (χ1n) is 5.09. The number of anilines is 1. The van der Waals surface area contributed by atoms with E-state index in [9.17, 15) is 8.42 Å². The van der Waals surface area contributed by atoms with Crippen molar-refractivity contribution in [3.8, 4) is 0 Å². The zero-order valence-corrected chi connectivity index (χ0v) is 12.5. The van der Waals surface area contributed by atoms with Crippen molar-refractivity contribution < 1.29 is 12.8 Å². The molecule has 8 heteroatoms. The molecule has 0 atom stereocenters. The van der Waals surface area contributed by atoms with Gasteiger partial charge in [0, 0.05) is 7.05 Å². The van der Waals surface area contributed by atoms with E-state index < -0.39 is 10.0 Å². The molecule has 0 amide bonds. The van der Waals surface area contributed by atoms with Crippen molar-refractivity contribution in [1.29, 1.82) is 0 Å². The molecule has 6 nitrogen and oxygen atoms in total. The molecule has 0 radical (unpaired) electrons. The molecule has 0 aliphatic rings. The summed E-state index contributed by atoms with van der Waals surface area (Å²) in [4.78, 5) is 0. The van der Waals surface area contributed by atoms with Crippen LogP contribution < -0.4 is 4.72 Å². The predicted octanol–water partition coefficient (Wildman–Crippen LogP) is 2.19. The highest BCUT2D eigenvalue weighted by Gasteiger charge is 2.22. The van der Waals surface area contributed by atoms with Crippen molar-refractivity contribution in [2.75, 3.05) is 4.72 Å². The first kappa shape index (κ1) is 13.2. The molecular formula is C10H12BrN3O3S. The largest absolute Gasteiger partial charge is 0.448 e. The molecule has 0 aromatic carbocycles. The fourth-order valence-electron chi connectivity index (χ4n) is 1.48. The molecular weight excluding hydrogens is 322 g/mol. The molecule has 18 heavy (non-hydrogen) atoms. The Morgan fingerprint density at radius 2 is 2.06 bits per heavy atom. The van der Waals surface area contributed by atoms with E-state index in [-0.39, 0.29) is 5.09 Å². The van der Waals surface area contributed by atoms with Gasteiger partial charge in [-0.1, -0.05) is 0 Å². The summed E-state index contributed by atoms with van der Waals surface area (Å²) in [6.07, 6.45) is 0. The van der Waals surface area contributed by atoms with Gasteiger partial charge in [0.1, 0.15) is 5.76 Å². The van der Waals surface area contributed by atoms with Crippen molar-refractivity contribution in [3.63, 3.8) is 0 Å². The third-order valence-electron chi connectivity index (χ3n) is 2.36. The van der Waals surface area contributed by atoms with Gasteiger partial charge in [0.2, 0.25) is 5.09 Å². The second-order valence-corrected chi connectivity index (χ2v) is 6.25. The molecule has 0 spiro atoms. The number of nitrogens with zero attached hydrogens (tertiary/aromatic N) is 2. The van der Waals surface area contributed by atoms with Gasteiger partial charge in [-0.2, -0.15) is 13.5 Å². The van der Waals surface area contributed by atoms with Crippen LogP contribution in [0.2, 0.25) is 0 Å². The van der Waals surface area contributed by atoms with Crippen LogP contribution in [0, 0.1) is 13.8 Å². The summed E-state index contributed by atoms with van der Waals surface area (Å²) in [5.74, 6) is 0.900. The lowest BCUT2D eigenvalue weighted by molar-refractivity contribution is 0.430. The quantitative estimate of drug-likeness (QED) is 0.933. The summed E-state index contributed by atoms with van der Waals surface area (Å²) in [7, 11) is -2.08. The van der Waals surface area contributed by atoms with Crippen LogP contribution in [0.1, 0.15) is 11.5 Å². The average Bonchev–Trinajstić information content (AvgIpc) is 2.80. The third-order valence-corrected chi connectivity index (χ3v) is 4.52. The predicted molar refractivity (Wildman–Crippen MR) is 69.9 cm³/mol. The molecule has 0 unspecified atom stereocenters. The van der Waals surface area contributed by atoms with Crippen LogP contribution in [-0.4, -0.2) is 18.2 Å². The first-order chi connectivity index (χ1) is 8.31. The van der Waals surface area contributed by atoms with Crippen LogP contribution in [0.25, 0.3) is 0 Å². The number of hydrogen-bond donors (Lipinski definition) is 1. The van der Waals surface area contributed by atoms with Crippen molar-refractivity contribution in [2.24, 2.45) is 7.05 Å². The smallest absolute Gasteiger partial charge is 0.296 e. The Balaban J connectivity index is 2.39. The minimum Gasteiger partial charge on any atom is -0.448 e. The van der Waals surface area contributed by atoms with Crippen LogP contribution in [0.15, 0.2) is 26.1 Å². The second kappa shape index (κ2) is 4.43. The highest BCUT2D eigenvalue weighted by molar-refractivity contribution is 9.10. The summed E-state index contributed by atoms with van der Waals surface area (Å²) < 4.78 is 33.7. The lowest BCUT2D eigenvalue weighted by Gasteiger charge is -2.06. The molecule has 98 valence electrons. The maximum Gasteiger partial charge on any atom is 0.296 e. The number of aromatic nitrogens is 2. The molecule has 0 bridgehead atoms. The minimum atomic E-state index is -3.73. The van der Waals surface area contributed by atoms with Gasteiger partial charge in [0.15, 0.2) is 5.82 Å². The molecule has 2 aromatic rings. The van der Waals surface area contributed by atoms with Gasteiger partial charge in [-0.15, -0.1) is 0 Å². The number of nitrogens with one attached hydrogen (secondary N) is 1. The molecule has 0 fully saturated rings. The highest BCUT2D eigenvalue weighted by Crippen LogP contribution is 2.27. The Morgan fingerprint density at radius 3 is 2.50 bits per heavy atom. The number of rotatable bonds is 3. The summed E-state index contributed by atoms with van der Waals surface area (Å²) in [6.45, 7) is 3.46. The summed E-state index contributed by atoms with van der Waals surface area (Å²) in [5.41, 5.74) is 0.700. The Labute approximate surface area is 113 Å². The van der Waals surface area contributed by atoms with Gasteiger partial charge >= 0.3 is 0 Å². The lowest BCUT2D eigenvalue weighted by Crippen LogP contribution is -2.15. The van der Waals surface area contributed by atoms with E-state index in [0.29, 0.717) is 21.7 Å². The van der Waals surface area contributed by atoms with Crippen molar-refractivity contribution >= 4 is 31.8 Å². The molecule has 2 heterocycles. The summed E-state index contributed by atoms with van der Waals surface area (Å²) in [6, 6.07) is 3.01. The van der Waals surface area contributed by atoms with E-state index >= 15 is 0 Å². The number of furan rings is 1. The van der Waals surface area contributed by atoms with E-state index in [4.69, 9.17) is 4.42 Å². The van der Waals surface area contributed by atoms with Crippen molar-refractivity contribution in [3.05, 3.63) is 28.1 Å². The Kier molecular flexibility index (Phi) is 3.24. The average molecular weight is 334 g/mol. The van der Waals surface area contributed by atoms with Gasteiger partial charge in [-0.25, -0.2) is 0 Å². The van der Waals surface area contributed by atoms with Gasteiger partial charge in [-0.05, 0) is 41.9 Å². The zero-order chi connectivity index (χ0) is 13.5. The number of hydrogen-bond acceptors (Lipinski definition) is 4. The third kappa shape index (κ3) is 2.30. The van der Waals surface area contributed by atoms with Gasteiger partial charge < -0.3 is 4.42 Å². The van der Waals surface area contributed by atoms with Crippen LogP contribution in [0.5, 0.6) is 0 Å². The Bertz CT molecular complexity index is 687. The SMILES string of the molecule is Cc1ccc(S(=O)(=O)Nc2c(Br)c(C)nn2C)o1. The first-order valence-corrected chi connectivity index (χ1v) is 7.37. The topological polar surface area (TPSA) is 77.1 Å². The number of halogens is 1. The van der Waals surface area contributed by atoms with Gasteiger partial charge in [-0.3, -0.25) is 9.40 Å². The molecule has 0 saturated heterocycles. The maximum atomic E-state index is 12.1. The summed E-state index contributed by atoms with van der Waals surface area (Å²) >= 11 is 3.29. The fourth-order valence-corrected chi connectivity index (χ4v) is 3.12. The monoisotopic (exact) mass is 333 g/mol. The molecule has 1 N–H and O–H groups in total. The fraction of sp³-hybridized carbons (Fsp3) is 0.300. The summed E-state index contributed by atoms with van der Waals surface area (Å²) in [5, 5.41) is 3.99. The van der Waals surface area contributed by atoms with Gasteiger partial charge in [0.05, 0.1) is 10.2 Å². The molecule has 0 saturated carbocycles. The second-order valence-electron chi connectivity index (χ2n) is 3.84. The Hall–Kier alpha value is -1.28. The van der Waals surface area contributed by atoms with E-state index in [1.54, 1.807) is 27.0 Å². The van der Waals surface area contributed by atoms with E-state index in [1.165, 1.54) is 10.7 Å².